The number of hydrogen-bond acceptors (Lipinski definition) is 6. The minimum absolute atomic E-state index is 0.0625. The quantitative estimate of drug-likeness (QED) is 0.535. The van der Waals surface area contributed by atoms with Crippen molar-refractivity contribution in [1.82, 2.24) is 14.5 Å². The summed E-state index contributed by atoms with van der Waals surface area (Å²) in [6.07, 6.45) is 5.21. The number of carbonyl (C=O) groups is 1. The molecule has 3 N–H and O–H groups in total. The van der Waals surface area contributed by atoms with Gasteiger partial charge in [-0.25, -0.2) is 4.79 Å². The summed E-state index contributed by atoms with van der Waals surface area (Å²) in [6, 6.07) is 9.40. The third-order valence-corrected chi connectivity index (χ3v) is 6.04. The van der Waals surface area contributed by atoms with Crippen LogP contribution in [0.2, 0.25) is 0 Å². The van der Waals surface area contributed by atoms with Crippen molar-refractivity contribution < 1.29 is 9.53 Å². The van der Waals surface area contributed by atoms with Gasteiger partial charge in [-0.15, -0.1) is 0 Å². The molecule has 0 spiro atoms. The molecule has 1 aromatic heterocycles. The summed E-state index contributed by atoms with van der Waals surface area (Å²) in [7, 11) is 1.84. The third kappa shape index (κ3) is 6.25. The van der Waals surface area contributed by atoms with Crippen molar-refractivity contribution in [3.63, 3.8) is 0 Å². The van der Waals surface area contributed by atoms with Crippen LogP contribution in [0.4, 0.5) is 11.5 Å². The molecule has 9 nitrogen and oxygen atoms in total. The molecule has 1 saturated carbocycles. The maximum Gasteiger partial charge on any atom is 0.330 e. The van der Waals surface area contributed by atoms with Crippen LogP contribution in [-0.2, 0) is 11.3 Å². The van der Waals surface area contributed by atoms with Crippen LogP contribution in [0.15, 0.2) is 39.9 Å². The molecular formula is C24H35N5O4. The van der Waals surface area contributed by atoms with E-state index in [0.717, 1.165) is 44.3 Å². The van der Waals surface area contributed by atoms with Gasteiger partial charge in [0.1, 0.15) is 18.2 Å². The highest BCUT2D eigenvalue weighted by Crippen LogP contribution is 2.29. The monoisotopic (exact) mass is 457 g/mol. The standard InChI is InChI=1S/C24H35N5O4/c1-3-4-14-28-22(25)21(23(31)26-24(28)32)29(18-10-8-9-11-18)20(30)17-27(2)15-16-33-19-12-6-5-7-13-19/h5-7,12-13,18H,3-4,8-11,14-17,25H2,1-2H3,(H,26,31,32). The number of nitrogens with two attached hydrogens (primary N) is 1. The van der Waals surface area contributed by atoms with Crippen molar-refractivity contribution in [2.24, 2.45) is 0 Å². The summed E-state index contributed by atoms with van der Waals surface area (Å²) < 4.78 is 7.10. The molecule has 3 rings (SSSR count). The maximum absolute atomic E-state index is 13.4. The molecule has 1 aliphatic rings. The van der Waals surface area contributed by atoms with Gasteiger partial charge >= 0.3 is 5.69 Å². The van der Waals surface area contributed by atoms with E-state index in [-0.39, 0.29) is 30.0 Å². The van der Waals surface area contributed by atoms with Gasteiger partial charge in [-0.05, 0) is 38.4 Å². The molecule has 1 heterocycles. The number of nitrogens with zero attached hydrogens (tertiary/aromatic N) is 3. The number of para-hydroxylation sites is 1. The van der Waals surface area contributed by atoms with Crippen molar-refractivity contribution in [3.8, 4) is 5.75 Å². The predicted octanol–water partition coefficient (Wildman–Crippen LogP) is 2.21. The van der Waals surface area contributed by atoms with Crippen molar-refractivity contribution in [3.05, 3.63) is 51.2 Å². The van der Waals surface area contributed by atoms with Crippen molar-refractivity contribution in [2.45, 2.75) is 58.0 Å². The van der Waals surface area contributed by atoms with Crippen LogP contribution in [-0.4, -0.2) is 53.1 Å². The number of anilines is 2. The van der Waals surface area contributed by atoms with Crippen LogP contribution in [0.1, 0.15) is 45.4 Å². The van der Waals surface area contributed by atoms with Gasteiger partial charge in [-0.2, -0.15) is 0 Å². The summed E-state index contributed by atoms with van der Waals surface area (Å²) in [6.45, 7) is 3.50. The zero-order valence-corrected chi connectivity index (χ0v) is 19.6. The summed E-state index contributed by atoms with van der Waals surface area (Å²) in [5.74, 6) is 0.632. The summed E-state index contributed by atoms with van der Waals surface area (Å²) >= 11 is 0. The highest BCUT2D eigenvalue weighted by molar-refractivity contribution is 5.97. The Kier molecular flexibility index (Phi) is 8.71. The number of H-pyrrole nitrogens is 1. The van der Waals surface area contributed by atoms with E-state index in [4.69, 9.17) is 10.5 Å². The van der Waals surface area contributed by atoms with E-state index in [9.17, 15) is 14.4 Å². The minimum atomic E-state index is -0.611. The average molecular weight is 458 g/mol. The van der Waals surface area contributed by atoms with E-state index in [1.54, 1.807) is 0 Å². The first-order valence-electron chi connectivity index (χ1n) is 11.7. The number of nitrogen functional groups attached to an aromatic ring is 1. The van der Waals surface area contributed by atoms with E-state index >= 15 is 0 Å². The molecular weight excluding hydrogens is 422 g/mol. The second-order valence-corrected chi connectivity index (χ2v) is 8.60. The van der Waals surface area contributed by atoms with E-state index in [1.807, 2.05) is 49.2 Å². The van der Waals surface area contributed by atoms with Gasteiger partial charge in [0.05, 0.1) is 6.54 Å². The molecule has 1 aliphatic carbocycles. The van der Waals surface area contributed by atoms with Crippen LogP contribution in [0.3, 0.4) is 0 Å². The molecule has 9 heteroatoms. The number of benzene rings is 1. The first kappa shape index (κ1) is 24.6. The number of unbranched alkanes of at least 4 members (excludes halogenated alkanes) is 1. The van der Waals surface area contributed by atoms with E-state index in [1.165, 1.54) is 9.47 Å². The fraction of sp³-hybridized carbons (Fsp3) is 0.542. The van der Waals surface area contributed by atoms with Crippen LogP contribution in [0.5, 0.6) is 5.75 Å². The average Bonchev–Trinajstić information content (AvgIpc) is 3.31. The van der Waals surface area contributed by atoms with Gasteiger partial charge in [0, 0.05) is 19.1 Å². The van der Waals surface area contributed by atoms with Crippen LogP contribution < -0.4 is 26.6 Å². The Balaban J connectivity index is 1.78. The smallest absolute Gasteiger partial charge is 0.330 e. The molecule has 0 unspecified atom stereocenters. The highest BCUT2D eigenvalue weighted by atomic mass is 16.5. The number of nitrogens with one attached hydrogen (secondary N) is 1. The number of aromatic nitrogens is 2. The Hall–Kier alpha value is -3.07. The lowest BCUT2D eigenvalue weighted by molar-refractivity contribution is -0.120. The third-order valence-electron chi connectivity index (χ3n) is 6.04. The lowest BCUT2D eigenvalue weighted by Crippen LogP contribution is -2.49. The fourth-order valence-electron chi connectivity index (χ4n) is 4.24. The van der Waals surface area contributed by atoms with E-state index in [0.29, 0.717) is 19.7 Å². The number of hydrogen-bond donors (Lipinski definition) is 2. The first-order valence-corrected chi connectivity index (χ1v) is 11.7. The van der Waals surface area contributed by atoms with Crippen molar-refractivity contribution in [1.29, 1.82) is 0 Å². The Bertz CT molecular complexity index is 1030. The molecule has 0 bridgehead atoms. The van der Waals surface area contributed by atoms with Gasteiger partial charge in [-0.1, -0.05) is 44.4 Å². The van der Waals surface area contributed by atoms with E-state index in [2.05, 4.69) is 4.98 Å². The Morgan fingerprint density at radius 2 is 1.91 bits per heavy atom. The van der Waals surface area contributed by atoms with Crippen molar-refractivity contribution in [2.75, 3.05) is 37.4 Å². The van der Waals surface area contributed by atoms with Gasteiger partial charge in [-0.3, -0.25) is 24.0 Å². The van der Waals surface area contributed by atoms with Gasteiger partial charge in [0.2, 0.25) is 5.91 Å². The minimum Gasteiger partial charge on any atom is -0.492 e. The zero-order chi connectivity index (χ0) is 23.8. The normalized spacial score (nSPS) is 14.0. The van der Waals surface area contributed by atoms with Gasteiger partial charge < -0.3 is 15.4 Å². The molecule has 33 heavy (non-hydrogen) atoms. The lowest BCUT2D eigenvalue weighted by atomic mass is 10.2. The fourth-order valence-corrected chi connectivity index (χ4v) is 4.24. The van der Waals surface area contributed by atoms with Gasteiger partial charge in [0.25, 0.3) is 5.56 Å². The zero-order valence-electron chi connectivity index (χ0n) is 19.6. The number of carbonyl (C=O) groups excluding carboxylic acids is 1. The molecule has 0 atom stereocenters. The molecule has 1 aromatic carbocycles. The molecule has 2 aromatic rings. The largest absolute Gasteiger partial charge is 0.492 e. The number of ether oxygens (including phenoxy) is 1. The second kappa shape index (κ2) is 11.7. The Morgan fingerprint density at radius 1 is 1.21 bits per heavy atom. The number of likely N-dealkylation sites (N-methyl/N-ethyl adjacent to an activating group) is 1. The lowest BCUT2D eigenvalue weighted by Gasteiger charge is -2.31. The molecule has 0 saturated heterocycles. The predicted molar refractivity (Wildman–Crippen MR) is 130 cm³/mol. The molecule has 0 aliphatic heterocycles. The molecule has 1 fully saturated rings. The SMILES string of the molecule is CCCCn1c(N)c(N(C(=O)CN(C)CCOc2ccccc2)C2CCCC2)c(=O)[nH]c1=O. The topological polar surface area (TPSA) is 114 Å². The summed E-state index contributed by atoms with van der Waals surface area (Å²) in [5.41, 5.74) is 5.27. The van der Waals surface area contributed by atoms with Crippen LogP contribution in [0, 0.1) is 0 Å². The van der Waals surface area contributed by atoms with Gasteiger partial charge in [0.15, 0.2) is 5.69 Å². The maximum atomic E-state index is 13.4. The van der Waals surface area contributed by atoms with Crippen LogP contribution in [0.25, 0.3) is 0 Å². The van der Waals surface area contributed by atoms with Crippen LogP contribution >= 0.6 is 0 Å². The summed E-state index contributed by atoms with van der Waals surface area (Å²) in [4.78, 5) is 44.4. The number of aromatic amines is 1. The molecule has 0 radical (unpaired) electrons. The molecule has 1 amide bonds. The van der Waals surface area contributed by atoms with E-state index < -0.39 is 11.2 Å². The number of amides is 1. The molecule has 180 valence electrons. The first-order chi connectivity index (χ1) is 15.9. The Labute approximate surface area is 194 Å². The summed E-state index contributed by atoms with van der Waals surface area (Å²) in [5, 5.41) is 0. The highest BCUT2D eigenvalue weighted by Gasteiger charge is 2.32. The second-order valence-electron chi connectivity index (χ2n) is 8.60. The van der Waals surface area contributed by atoms with Crippen molar-refractivity contribution >= 4 is 17.4 Å². The number of rotatable bonds is 11. The Morgan fingerprint density at radius 3 is 2.58 bits per heavy atom.